The molecule has 0 unspecified atom stereocenters. The predicted molar refractivity (Wildman–Crippen MR) is 96.1 cm³/mol. The third kappa shape index (κ3) is 5.76. The van der Waals surface area contributed by atoms with Gasteiger partial charge in [-0.2, -0.15) is 5.26 Å². The zero-order chi connectivity index (χ0) is 18.8. The molecule has 2 rings (SSSR count). The van der Waals surface area contributed by atoms with Gasteiger partial charge in [0.1, 0.15) is 6.61 Å². The van der Waals surface area contributed by atoms with Crippen LogP contribution in [-0.2, 0) is 11.3 Å². The van der Waals surface area contributed by atoms with Crippen molar-refractivity contribution in [2.24, 2.45) is 0 Å². The summed E-state index contributed by atoms with van der Waals surface area (Å²) in [7, 11) is 0. The number of carbonyl (C=O) groups is 1. The highest BCUT2D eigenvalue weighted by molar-refractivity contribution is 5.67. The van der Waals surface area contributed by atoms with Crippen molar-refractivity contribution in [3.05, 3.63) is 81.4 Å². The molecule has 0 spiro atoms. The van der Waals surface area contributed by atoms with Crippen LogP contribution in [0.4, 0.5) is 10.5 Å². The molecule has 0 atom stereocenters. The van der Waals surface area contributed by atoms with E-state index in [-0.39, 0.29) is 17.9 Å². The average molecular weight is 351 g/mol. The molecule has 0 aromatic heterocycles. The Hall–Kier alpha value is -3.66. The summed E-state index contributed by atoms with van der Waals surface area (Å²) in [6, 6.07) is 15.5. The summed E-state index contributed by atoms with van der Waals surface area (Å²) in [4.78, 5) is 22.1. The van der Waals surface area contributed by atoms with Crippen molar-refractivity contribution in [3.63, 3.8) is 0 Å². The Kier molecular flexibility index (Phi) is 6.89. The molecule has 0 radical (unpaired) electrons. The van der Waals surface area contributed by atoms with Gasteiger partial charge in [0.25, 0.3) is 5.69 Å². The highest BCUT2D eigenvalue weighted by Crippen LogP contribution is 2.21. The van der Waals surface area contributed by atoms with E-state index in [1.165, 1.54) is 18.2 Å². The van der Waals surface area contributed by atoms with Gasteiger partial charge in [-0.15, -0.1) is 0 Å². The van der Waals surface area contributed by atoms with Gasteiger partial charge in [0, 0.05) is 12.6 Å². The van der Waals surface area contributed by atoms with Gasteiger partial charge in [-0.1, -0.05) is 42.5 Å². The van der Waals surface area contributed by atoms with E-state index in [4.69, 9.17) is 10.00 Å². The molecule has 2 aromatic carbocycles. The summed E-state index contributed by atoms with van der Waals surface area (Å²) < 4.78 is 5.07. The van der Waals surface area contributed by atoms with Crippen molar-refractivity contribution >= 4 is 17.9 Å². The lowest BCUT2D eigenvalue weighted by molar-refractivity contribution is -0.385. The molecule has 0 saturated heterocycles. The van der Waals surface area contributed by atoms with Gasteiger partial charge in [-0.05, 0) is 24.1 Å². The molecule has 0 aliphatic carbocycles. The number of amides is 1. The Bertz CT molecular complexity index is 842. The number of hydrogen-bond acceptors (Lipinski definition) is 5. The smallest absolute Gasteiger partial charge is 0.407 e. The average Bonchev–Trinajstić information content (AvgIpc) is 2.66. The number of carbonyl (C=O) groups excluding carboxylic acids is 1. The Morgan fingerprint density at radius 3 is 2.73 bits per heavy atom. The Morgan fingerprint density at radius 1 is 1.27 bits per heavy atom. The first kappa shape index (κ1) is 18.7. The molecule has 132 valence electrons. The van der Waals surface area contributed by atoms with Crippen LogP contribution in [0, 0.1) is 21.4 Å². The van der Waals surface area contributed by atoms with Crippen molar-refractivity contribution in [2.45, 2.75) is 13.0 Å². The van der Waals surface area contributed by atoms with E-state index >= 15 is 0 Å². The number of nitrogens with one attached hydrogen (secondary N) is 1. The second-order valence-corrected chi connectivity index (χ2v) is 5.32. The summed E-state index contributed by atoms with van der Waals surface area (Å²) in [5, 5.41) is 22.5. The summed E-state index contributed by atoms with van der Waals surface area (Å²) in [5.41, 5.74) is 1.41. The minimum atomic E-state index is -0.528. The number of nitrogens with zero attached hydrogens (tertiary/aromatic N) is 2. The van der Waals surface area contributed by atoms with Crippen LogP contribution < -0.4 is 5.32 Å². The van der Waals surface area contributed by atoms with Crippen LogP contribution in [0.3, 0.4) is 0 Å². The molecular formula is C19H17N3O4. The lowest BCUT2D eigenvalue weighted by atomic mass is 10.1. The third-order valence-electron chi connectivity index (χ3n) is 3.45. The Labute approximate surface area is 150 Å². The van der Waals surface area contributed by atoms with Gasteiger partial charge in [-0.25, -0.2) is 4.79 Å². The van der Waals surface area contributed by atoms with Crippen molar-refractivity contribution in [1.29, 1.82) is 5.26 Å². The van der Waals surface area contributed by atoms with E-state index in [1.54, 1.807) is 12.2 Å². The van der Waals surface area contributed by atoms with Crippen LogP contribution in [0.15, 0.2) is 54.6 Å². The number of nitro benzene ring substituents is 1. The standard InChI is InChI=1S/C19H17N3O4/c20-13-16-9-10-17(18(12-16)22(24)25)8-4-5-11-21-19(23)26-14-15-6-2-1-3-7-15/h1-4,6-10,12H,5,11,14H2,(H,21,23). The van der Waals surface area contributed by atoms with E-state index in [9.17, 15) is 14.9 Å². The van der Waals surface area contributed by atoms with Crippen LogP contribution in [0.1, 0.15) is 23.1 Å². The fourth-order valence-corrected chi connectivity index (χ4v) is 2.15. The quantitative estimate of drug-likeness (QED) is 0.464. The molecule has 1 amide bonds. The Morgan fingerprint density at radius 2 is 2.04 bits per heavy atom. The van der Waals surface area contributed by atoms with Gasteiger partial charge in [0.15, 0.2) is 0 Å². The van der Waals surface area contributed by atoms with E-state index in [0.29, 0.717) is 18.5 Å². The maximum Gasteiger partial charge on any atom is 0.407 e. The second-order valence-electron chi connectivity index (χ2n) is 5.32. The van der Waals surface area contributed by atoms with Crippen LogP contribution in [0.2, 0.25) is 0 Å². The molecule has 0 bridgehead atoms. The van der Waals surface area contributed by atoms with Crippen LogP contribution in [0.5, 0.6) is 0 Å². The molecule has 1 N–H and O–H groups in total. The molecule has 0 saturated carbocycles. The number of hydrogen-bond donors (Lipinski definition) is 1. The molecule has 7 nitrogen and oxygen atoms in total. The monoisotopic (exact) mass is 351 g/mol. The number of ether oxygens (including phenoxy) is 1. The number of nitriles is 1. The van der Waals surface area contributed by atoms with Crippen molar-refractivity contribution < 1.29 is 14.5 Å². The fraction of sp³-hybridized carbons (Fsp3) is 0.158. The lowest BCUT2D eigenvalue weighted by Gasteiger charge is -2.05. The van der Waals surface area contributed by atoms with Gasteiger partial charge < -0.3 is 10.1 Å². The van der Waals surface area contributed by atoms with E-state index in [2.05, 4.69) is 5.32 Å². The second kappa shape index (κ2) is 9.59. The topological polar surface area (TPSA) is 105 Å². The maximum atomic E-state index is 11.6. The lowest BCUT2D eigenvalue weighted by Crippen LogP contribution is -2.24. The SMILES string of the molecule is N#Cc1ccc(C=CCCNC(=O)OCc2ccccc2)c([N+](=O)[O-])c1. The van der Waals surface area contributed by atoms with Crippen molar-refractivity contribution in [3.8, 4) is 6.07 Å². The zero-order valence-electron chi connectivity index (χ0n) is 13.9. The van der Waals surface area contributed by atoms with E-state index < -0.39 is 11.0 Å². The van der Waals surface area contributed by atoms with Crippen molar-refractivity contribution in [1.82, 2.24) is 5.32 Å². The first-order chi connectivity index (χ1) is 12.6. The van der Waals surface area contributed by atoms with Crippen LogP contribution in [-0.4, -0.2) is 17.6 Å². The number of benzene rings is 2. The predicted octanol–water partition coefficient (Wildman–Crippen LogP) is 3.80. The van der Waals surface area contributed by atoms with E-state index in [0.717, 1.165) is 5.56 Å². The summed E-state index contributed by atoms with van der Waals surface area (Å²) in [6.45, 7) is 0.536. The first-order valence-corrected chi connectivity index (χ1v) is 7.90. The molecule has 2 aromatic rings. The molecule has 0 aliphatic heterocycles. The highest BCUT2D eigenvalue weighted by atomic mass is 16.6. The number of nitro groups is 1. The van der Waals surface area contributed by atoms with Crippen LogP contribution in [0.25, 0.3) is 6.08 Å². The van der Waals surface area contributed by atoms with Crippen LogP contribution >= 0.6 is 0 Å². The minimum Gasteiger partial charge on any atom is -0.445 e. The fourth-order valence-electron chi connectivity index (χ4n) is 2.15. The maximum absolute atomic E-state index is 11.6. The van der Waals surface area contributed by atoms with Gasteiger partial charge in [-0.3, -0.25) is 10.1 Å². The number of rotatable bonds is 7. The van der Waals surface area contributed by atoms with Gasteiger partial charge in [0.05, 0.1) is 22.1 Å². The third-order valence-corrected chi connectivity index (χ3v) is 3.45. The summed E-state index contributed by atoms with van der Waals surface area (Å²) in [5.74, 6) is 0. The van der Waals surface area contributed by atoms with Gasteiger partial charge >= 0.3 is 6.09 Å². The molecule has 0 fully saturated rings. The van der Waals surface area contributed by atoms with Crippen molar-refractivity contribution in [2.75, 3.05) is 6.54 Å². The zero-order valence-corrected chi connectivity index (χ0v) is 13.9. The van der Waals surface area contributed by atoms with E-state index in [1.807, 2.05) is 36.4 Å². The first-order valence-electron chi connectivity index (χ1n) is 7.90. The molecule has 7 heteroatoms. The largest absolute Gasteiger partial charge is 0.445 e. The normalized spacial score (nSPS) is 10.3. The minimum absolute atomic E-state index is 0.129. The summed E-state index contributed by atoms with van der Waals surface area (Å²) >= 11 is 0. The summed E-state index contributed by atoms with van der Waals surface area (Å²) in [6.07, 6.45) is 3.27. The molecule has 26 heavy (non-hydrogen) atoms. The highest BCUT2D eigenvalue weighted by Gasteiger charge is 2.12. The van der Waals surface area contributed by atoms with Gasteiger partial charge in [0.2, 0.25) is 0 Å². The Balaban J connectivity index is 1.78. The molecule has 0 aliphatic rings. The number of alkyl carbamates (subject to hydrolysis) is 1. The molecular weight excluding hydrogens is 334 g/mol. The molecule has 0 heterocycles.